The summed E-state index contributed by atoms with van der Waals surface area (Å²) < 4.78 is 25.4. The molecule has 4 aromatic rings. The molecular formula is C37H40O6Si2. The summed E-state index contributed by atoms with van der Waals surface area (Å²) in [7, 11) is 7.76. The smallest absolute Gasteiger partial charge is 0.199 e. The van der Waals surface area contributed by atoms with E-state index in [1.54, 1.807) is 13.8 Å². The Morgan fingerprint density at radius 1 is 0.578 bits per heavy atom. The van der Waals surface area contributed by atoms with Crippen LogP contribution in [0.2, 0.25) is 0 Å². The number of rotatable bonds is 14. The van der Waals surface area contributed by atoms with Gasteiger partial charge in [0.2, 0.25) is 0 Å². The first-order chi connectivity index (χ1) is 21.7. The molecule has 0 bridgehead atoms. The molecule has 0 heterocycles. The van der Waals surface area contributed by atoms with Gasteiger partial charge in [0.25, 0.3) is 0 Å². The van der Waals surface area contributed by atoms with E-state index in [0.29, 0.717) is 24.3 Å². The summed E-state index contributed by atoms with van der Waals surface area (Å²) in [6.45, 7) is 7.69. The van der Waals surface area contributed by atoms with Crippen LogP contribution >= 0.6 is 0 Å². The maximum Gasteiger partial charge on any atom is 0.199 e. The highest BCUT2D eigenvalue weighted by molar-refractivity contribution is 6.35. The van der Waals surface area contributed by atoms with Crippen molar-refractivity contribution in [3.63, 3.8) is 0 Å². The van der Waals surface area contributed by atoms with Crippen LogP contribution in [0.1, 0.15) is 62.8 Å². The van der Waals surface area contributed by atoms with Crippen LogP contribution in [-0.4, -0.2) is 68.7 Å². The average Bonchev–Trinajstić information content (AvgIpc) is 3.33. The minimum Gasteiger partial charge on any atom is -0.465 e. The van der Waals surface area contributed by atoms with Gasteiger partial charge in [-0.1, -0.05) is 98.8 Å². The number of hydrogen-bond acceptors (Lipinski definition) is 6. The van der Waals surface area contributed by atoms with Crippen molar-refractivity contribution >= 4 is 30.9 Å². The normalized spacial score (nSPS) is 15.9. The first-order valence-corrected chi connectivity index (χ1v) is 16.5. The molecule has 232 valence electrons. The molecule has 0 fully saturated rings. The van der Waals surface area contributed by atoms with E-state index in [1.807, 2.05) is 38.1 Å². The van der Waals surface area contributed by atoms with E-state index in [0.717, 1.165) is 43.8 Å². The lowest BCUT2D eigenvalue weighted by molar-refractivity contribution is -0.104. The molecular weight excluding hydrogens is 597 g/mol. The van der Waals surface area contributed by atoms with Crippen LogP contribution in [0.25, 0.3) is 11.1 Å². The van der Waals surface area contributed by atoms with Crippen LogP contribution in [0.5, 0.6) is 11.5 Å². The van der Waals surface area contributed by atoms with Crippen LogP contribution in [0.4, 0.5) is 0 Å². The average molecular weight is 637 g/mol. The predicted molar refractivity (Wildman–Crippen MR) is 179 cm³/mol. The summed E-state index contributed by atoms with van der Waals surface area (Å²) in [5.41, 5.74) is 5.38. The van der Waals surface area contributed by atoms with E-state index in [4.69, 9.17) is 18.9 Å². The first kappa shape index (κ1) is 33.1. The Morgan fingerprint density at radius 3 is 1.33 bits per heavy atom. The molecule has 1 aliphatic carbocycles. The fourth-order valence-electron chi connectivity index (χ4n) is 6.11. The maximum atomic E-state index is 9.94. The molecule has 0 saturated carbocycles. The maximum absolute atomic E-state index is 9.94. The van der Waals surface area contributed by atoms with Crippen molar-refractivity contribution in [1.29, 1.82) is 0 Å². The van der Waals surface area contributed by atoms with Crippen molar-refractivity contribution < 1.29 is 29.2 Å². The second-order valence-electron chi connectivity index (χ2n) is 11.5. The second kappa shape index (κ2) is 14.5. The molecule has 0 spiro atoms. The molecule has 4 aromatic carbocycles. The molecule has 6 nitrogen and oxygen atoms in total. The summed E-state index contributed by atoms with van der Waals surface area (Å²) >= 11 is 0. The Labute approximate surface area is 273 Å². The molecule has 45 heavy (non-hydrogen) atoms. The summed E-state index contributed by atoms with van der Waals surface area (Å²) in [4.78, 5) is 0. The number of fused-ring (bicyclic) bond motifs is 3. The van der Waals surface area contributed by atoms with Crippen molar-refractivity contribution in [3.8, 4) is 22.6 Å². The SMILES string of the molecule is CCC(OCC(C)O)Oc1c([Si])cccc1C1(c2cccc([Si])c2OC(CC)OCC(C)O)c2ccccc2-c2ccccc21. The number of aliphatic hydroxyl groups is 2. The molecule has 0 saturated heterocycles. The van der Waals surface area contributed by atoms with E-state index in [-0.39, 0.29) is 13.2 Å². The second-order valence-corrected chi connectivity index (χ2v) is 12.6. The zero-order chi connectivity index (χ0) is 32.1. The summed E-state index contributed by atoms with van der Waals surface area (Å²) in [5.74, 6) is 1.28. The van der Waals surface area contributed by atoms with Gasteiger partial charge in [0.15, 0.2) is 12.6 Å². The molecule has 5 rings (SSSR count). The third-order valence-electron chi connectivity index (χ3n) is 8.00. The van der Waals surface area contributed by atoms with Gasteiger partial charge in [0, 0.05) is 24.0 Å². The first-order valence-electron chi connectivity index (χ1n) is 15.5. The third kappa shape index (κ3) is 6.54. The Hall–Kier alpha value is -3.25. The van der Waals surface area contributed by atoms with E-state index in [2.05, 4.69) is 81.1 Å². The minimum absolute atomic E-state index is 0.156. The molecule has 0 amide bonds. The number of ether oxygens (including phenoxy) is 4. The summed E-state index contributed by atoms with van der Waals surface area (Å²) in [6, 6.07) is 29.1. The van der Waals surface area contributed by atoms with Crippen molar-refractivity contribution in [2.45, 2.75) is 70.7 Å². The molecule has 2 N–H and O–H groups in total. The number of benzene rings is 4. The lowest BCUT2D eigenvalue weighted by atomic mass is 9.67. The quantitative estimate of drug-likeness (QED) is 0.136. The van der Waals surface area contributed by atoms with Gasteiger partial charge in [-0.2, -0.15) is 0 Å². The Kier molecular flexibility index (Phi) is 10.6. The van der Waals surface area contributed by atoms with Gasteiger partial charge >= 0.3 is 0 Å². The van der Waals surface area contributed by atoms with Gasteiger partial charge in [0.05, 0.1) is 51.3 Å². The molecule has 1 aliphatic rings. The Morgan fingerprint density at radius 2 is 0.956 bits per heavy atom. The van der Waals surface area contributed by atoms with Crippen LogP contribution in [-0.2, 0) is 14.9 Å². The van der Waals surface area contributed by atoms with Gasteiger partial charge < -0.3 is 29.2 Å². The van der Waals surface area contributed by atoms with Gasteiger partial charge in [0.1, 0.15) is 11.5 Å². The number of hydrogen-bond donors (Lipinski definition) is 2. The molecule has 0 aromatic heterocycles. The zero-order valence-corrected chi connectivity index (χ0v) is 28.2. The third-order valence-corrected chi connectivity index (χ3v) is 8.79. The van der Waals surface area contributed by atoms with Gasteiger partial charge in [-0.3, -0.25) is 0 Å². The largest absolute Gasteiger partial charge is 0.465 e. The molecule has 6 radical (unpaired) electrons. The van der Waals surface area contributed by atoms with E-state index in [1.165, 1.54) is 0 Å². The predicted octanol–water partition coefficient (Wildman–Crippen LogP) is 4.66. The van der Waals surface area contributed by atoms with Crippen molar-refractivity contribution in [2.75, 3.05) is 13.2 Å². The summed E-state index contributed by atoms with van der Waals surface area (Å²) in [5, 5.41) is 21.4. The topological polar surface area (TPSA) is 77.4 Å². The molecule has 0 aliphatic heterocycles. The van der Waals surface area contributed by atoms with Gasteiger partial charge in [-0.15, -0.1) is 0 Å². The van der Waals surface area contributed by atoms with Crippen LogP contribution in [0.3, 0.4) is 0 Å². The van der Waals surface area contributed by atoms with Gasteiger partial charge in [-0.25, -0.2) is 0 Å². The summed E-state index contributed by atoms with van der Waals surface area (Å²) in [6.07, 6.45) is -1.26. The lowest BCUT2D eigenvalue weighted by Gasteiger charge is -2.38. The van der Waals surface area contributed by atoms with Crippen LogP contribution < -0.4 is 19.8 Å². The van der Waals surface area contributed by atoms with Crippen molar-refractivity contribution in [3.05, 3.63) is 107 Å². The van der Waals surface area contributed by atoms with Crippen LogP contribution in [0, 0.1) is 0 Å². The molecule has 4 unspecified atom stereocenters. The monoisotopic (exact) mass is 636 g/mol. The highest BCUT2D eigenvalue weighted by Gasteiger charge is 2.49. The van der Waals surface area contributed by atoms with Crippen LogP contribution in [0.15, 0.2) is 84.9 Å². The van der Waals surface area contributed by atoms with E-state index < -0.39 is 30.2 Å². The van der Waals surface area contributed by atoms with Gasteiger partial charge in [-0.05, 0) is 46.5 Å². The minimum atomic E-state index is -0.867. The lowest BCUT2D eigenvalue weighted by Crippen LogP contribution is -2.36. The van der Waals surface area contributed by atoms with E-state index in [9.17, 15) is 10.2 Å². The molecule has 8 heteroatoms. The van der Waals surface area contributed by atoms with E-state index >= 15 is 0 Å². The number of para-hydroxylation sites is 2. The molecule has 4 atom stereocenters. The van der Waals surface area contributed by atoms with Crippen molar-refractivity contribution in [2.24, 2.45) is 0 Å². The standard InChI is InChI=1S/C37H40O6Si2/c1-5-33(40-21-23(3)38)42-35-29(17-11-19-31(35)44)37(27-15-9-7-13-25(27)26-14-8-10-16-28(26)37)30-18-12-20-32(45)36(30)43-34(6-2)41-22-24(4)39/h7-20,23-24,33-34,38-39H,5-6,21-22H2,1-4H3. The highest BCUT2D eigenvalue weighted by atomic mass is 28.1. The fraction of sp³-hybridized carbons (Fsp3) is 0.351. The fourth-order valence-corrected chi connectivity index (χ4v) is 6.69. The Bertz CT molecular complexity index is 1480. The highest BCUT2D eigenvalue weighted by Crippen LogP contribution is 2.59. The number of aliphatic hydroxyl groups excluding tert-OH is 2. The Balaban J connectivity index is 1.81. The van der Waals surface area contributed by atoms with Crippen molar-refractivity contribution in [1.82, 2.24) is 0 Å². The zero-order valence-electron chi connectivity index (χ0n) is 26.2.